The van der Waals surface area contributed by atoms with E-state index in [-0.39, 0.29) is 18.3 Å². The minimum Gasteiger partial charge on any atom is -0.464 e. The molecule has 0 bridgehead atoms. The van der Waals surface area contributed by atoms with Gasteiger partial charge >= 0.3 is 6.09 Å². The lowest BCUT2D eigenvalue weighted by Gasteiger charge is -2.13. The Labute approximate surface area is 130 Å². The molecule has 0 aliphatic carbocycles. The number of hydrazone groups is 1. The number of nitrogens with zero attached hydrogens (tertiary/aromatic N) is 5. The van der Waals surface area contributed by atoms with Crippen LogP contribution in [0.1, 0.15) is 17.3 Å². The van der Waals surface area contributed by atoms with Crippen LogP contribution in [0.3, 0.4) is 0 Å². The second kappa shape index (κ2) is 5.50. The number of amides is 1. The quantitative estimate of drug-likeness (QED) is 0.920. The van der Waals surface area contributed by atoms with Crippen molar-refractivity contribution in [1.82, 2.24) is 14.8 Å². The zero-order valence-electron chi connectivity index (χ0n) is 11.2. The highest BCUT2D eigenvalue weighted by atomic mass is 35.5. The summed E-state index contributed by atoms with van der Waals surface area (Å²) in [6.45, 7) is 0.139. The van der Waals surface area contributed by atoms with E-state index in [4.69, 9.17) is 22.0 Å². The van der Waals surface area contributed by atoms with Gasteiger partial charge in [-0.3, -0.25) is 4.68 Å². The monoisotopic (exact) mass is 315 g/mol. The molecule has 1 aromatic carbocycles. The molecule has 1 aliphatic heterocycles. The minimum atomic E-state index is -1.14. The van der Waals surface area contributed by atoms with Gasteiger partial charge < -0.3 is 5.11 Å². The Morgan fingerprint density at radius 1 is 1.36 bits per heavy atom. The number of carbonyl (C=O) groups is 1. The van der Waals surface area contributed by atoms with Crippen LogP contribution in [0.2, 0.25) is 5.02 Å². The predicted octanol–water partition coefficient (Wildman–Crippen LogP) is 2.35. The number of nitriles is 1. The standard InChI is InChI=1S/C14H10ClN5O2/c15-10-3-1-9(2-4-10)13-12(8-20(18-13)14(21)22)19-6-5-11(7-16)17-19/h1-6,12H,8H2,(H,21,22). The summed E-state index contributed by atoms with van der Waals surface area (Å²) in [6.07, 6.45) is 0.502. The number of benzene rings is 1. The van der Waals surface area contributed by atoms with E-state index in [0.717, 1.165) is 10.6 Å². The van der Waals surface area contributed by atoms with Crippen molar-refractivity contribution < 1.29 is 9.90 Å². The number of hydrogen-bond donors (Lipinski definition) is 1. The molecule has 22 heavy (non-hydrogen) atoms. The van der Waals surface area contributed by atoms with E-state index in [9.17, 15) is 4.79 Å². The van der Waals surface area contributed by atoms with Crippen molar-refractivity contribution in [3.63, 3.8) is 0 Å². The number of hydrogen-bond acceptors (Lipinski definition) is 4. The first kappa shape index (κ1) is 14.1. The smallest absolute Gasteiger partial charge is 0.428 e. The highest BCUT2D eigenvalue weighted by Gasteiger charge is 2.32. The van der Waals surface area contributed by atoms with Gasteiger partial charge in [0.15, 0.2) is 5.69 Å². The van der Waals surface area contributed by atoms with E-state index in [1.807, 2.05) is 6.07 Å². The maximum Gasteiger partial charge on any atom is 0.428 e. The molecule has 3 rings (SSSR count). The first-order chi connectivity index (χ1) is 10.6. The summed E-state index contributed by atoms with van der Waals surface area (Å²) >= 11 is 5.87. The van der Waals surface area contributed by atoms with Gasteiger partial charge in [0.2, 0.25) is 0 Å². The summed E-state index contributed by atoms with van der Waals surface area (Å²) < 4.78 is 1.55. The van der Waals surface area contributed by atoms with Crippen LogP contribution < -0.4 is 0 Å². The Bertz CT molecular complexity index is 790. The van der Waals surface area contributed by atoms with Gasteiger partial charge in [0.1, 0.15) is 12.1 Å². The summed E-state index contributed by atoms with van der Waals surface area (Å²) in [5.74, 6) is 0. The molecule has 1 unspecified atom stereocenters. The van der Waals surface area contributed by atoms with Crippen LogP contribution in [-0.4, -0.2) is 38.2 Å². The third-order valence-corrected chi connectivity index (χ3v) is 3.54. The molecule has 1 N–H and O–H groups in total. The first-order valence-electron chi connectivity index (χ1n) is 6.38. The topological polar surface area (TPSA) is 94.5 Å². The van der Waals surface area contributed by atoms with Crippen LogP contribution >= 0.6 is 11.6 Å². The highest BCUT2D eigenvalue weighted by Crippen LogP contribution is 2.24. The Morgan fingerprint density at radius 3 is 2.68 bits per heavy atom. The van der Waals surface area contributed by atoms with Gasteiger partial charge in [-0.25, -0.2) is 4.79 Å². The van der Waals surface area contributed by atoms with Gasteiger partial charge in [-0.2, -0.15) is 20.5 Å². The molecule has 2 heterocycles. The number of rotatable bonds is 2. The molecule has 7 nitrogen and oxygen atoms in total. The molecule has 0 saturated heterocycles. The number of halogens is 1. The van der Waals surface area contributed by atoms with Crippen molar-refractivity contribution in [2.24, 2.45) is 5.10 Å². The average molecular weight is 316 g/mol. The third kappa shape index (κ3) is 2.52. The summed E-state index contributed by atoms with van der Waals surface area (Å²) in [4.78, 5) is 11.2. The predicted molar refractivity (Wildman–Crippen MR) is 78.7 cm³/mol. The lowest BCUT2D eigenvalue weighted by molar-refractivity contribution is 0.148. The van der Waals surface area contributed by atoms with Gasteiger partial charge in [0, 0.05) is 16.8 Å². The van der Waals surface area contributed by atoms with E-state index < -0.39 is 6.09 Å². The largest absolute Gasteiger partial charge is 0.464 e. The summed E-state index contributed by atoms with van der Waals surface area (Å²) in [6, 6.07) is 10.1. The minimum absolute atomic E-state index is 0.139. The van der Waals surface area contributed by atoms with Crippen LogP contribution in [0.4, 0.5) is 4.79 Å². The van der Waals surface area contributed by atoms with E-state index in [2.05, 4.69) is 10.2 Å². The molecule has 0 saturated carbocycles. The maximum atomic E-state index is 11.2. The maximum absolute atomic E-state index is 11.2. The molecular weight excluding hydrogens is 306 g/mol. The molecular formula is C14H10ClN5O2. The number of carboxylic acid groups (broad SMARTS) is 1. The highest BCUT2D eigenvalue weighted by molar-refractivity contribution is 6.30. The molecule has 1 aliphatic rings. The van der Waals surface area contributed by atoms with E-state index in [1.165, 1.54) is 0 Å². The summed E-state index contributed by atoms with van der Waals surface area (Å²) in [5.41, 5.74) is 1.59. The molecule has 0 radical (unpaired) electrons. The van der Waals surface area contributed by atoms with Crippen molar-refractivity contribution >= 4 is 23.4 Å². The van der Waals surface area contributed by atoms with Gasteiger partial charge in [-0.15, -0.1) is 0 Å². The Morgan fingerprint density at radius 2 is 2.09 bits per heavy atom. The lowest BCUT2D eigenvalue weighted by atomic mass is 10.0. The fourth-order valence-electron chi connectivity index (χ4n) is 2.26. The second-order valence-electron chi connectivity index (χ2n) is 4.67. The molecule has 0 spiro atoms. The third-order valence-electron chi connectivity index (χ3n) is 3.29. The normalized spacial score (nSPS) is 17.2. The second-order valence-corrected chi connectivity index (χ2v) is 5.10. The lowest BCUT2D eigenvalue weighted by Crippen LogP contribution is -2.27. The fourth-order valence-corrected chi connectivity index (χ4v) is 2.39. The van der Waals surface area contributed by atoms with Gasteiger partial charge in [-0.1, -0.05) is 23.7 Å². The SMILES string of the molecule is N#Cc1ccn(C2CN(C(=O)O)N=C2c2ccc(Cl)cc2)n1. The van der Waals surface area contributed by atoms with Crippen LogP contribution in [0.5, 0.6) is 0 Å². The average Bonchev–Trinajstić information content (AvgIpc) is 3.14. The van der Waals surface area contributed by atoms with Crippen molar-refractivity contribution in [1.29, 1.82) is 5.26 Å². The summed E-state index contributed by atoms with van der Waals surface area (Å²) in [7, 11) is 0. The first-order valence-corrected chi connectivity index (χ1v) is 6.76. The van der Waals surface area contributed by atoms with Crippen molar-refractivity contribution in [3.05, 3.63) is 52.8 Å². The van der Waals surface area contributed by atoms with Crippen LogP contribution in [0.15, 0.2) is 41.6 Å². The van der Waals surface area contributed by atoms with Crippen LogP contribution in [0, 0.1) is 11.3 Å². The molecule has 1 atom stereocenters. The molecule has 1 amide bonds. The Balaban J connectivity index is 2.01. The van der Waals surface area contributed by atoms with E-state index >= 15 is 0 Å². The van der Waals surface area contributed by atoms with Crippen molar-refractivity contribution in [2.45, 2.75) is 6.04 Å². The fraction of sp³-hybridized carbons (Fsp3) is 0.143. The zero-order chi connectivity index (χ0) is 15.7. The van der Waals surface area contributed by atoms with Crippen molar-refractivity contribution in [3.8, 4) is 6.07 Å². The molecule has 1 aromatic heterocycles. The van der Waals surface area contributed by atoms with Crippen LogP contribution in [-0.2, 0) is 0 Å². The Hall–Kier alpha value is -2.85. The molecule has 0 fully saturated rings. The van der Waals surface area contributed by atoms with Gasteiger partial charge in [0.25, 0.3) is 0 Å². The molecule has 8 heteroatoms. The zero-order valence-corrected chi connectivity index (χ0v) is 12.0. The van der Waals surface area contributed by atoms with Gasteiger partial charge in [0.05, 0.1) is 12.3 Å². The molecule has 110 valence electrons. The van der Waals surface area contributed by atoms with Crippen LogP contribution in [0.25, 0.3) is 0 Å². The Kier molecular flexibility index (Phi) is 3.53. The van der Waals surface area contributed by atoms with Gasteiger partial charge in [-0.05, 0) is 18.2 Å². The number of aromatic nitrogens is 2. The summed E-state index contributed by atoms with van der Waals surface area (Å²) in [5, 5.41) is 27.8. The van der Waals surface area contributed by atoms with Crippen molar-refractivity contribution in [2.75, 3.05) is 6.54 Å². The van der Waals surface area contributed by atoms with E-state index in [0.29, 0.717) is 10.7 Å². The van der Waals surface area contributed by atoms with E-state index in [1.54, 1.807) is 41.2 Å². The molecule has 2 aromatic rings.